The number of carbonyl (C=O) groups is 1. The highest BCUT2D eigenvalue weighted by Crippen LogP contribution is 2.37. The minimum absolute atomic E-state index is 0.109. The van der Waals surface area contributed by atoms with E-state index in [2.05, 4.69) is 5.32 Å². The minimum atomic E-state index is -4.23. The predicted octanol–water partition coefficient (Wildman–Crippen LogP) is 3.60. The van der Waals surface area contributed by atoms with Gasteiger partial charge in [0, 0.05) is 17.0 Å². The summed E-state index contributed by atoms with van der Waals surface area (Å²) in [4.78, 5) is 11.8. The van der Waals surface area contributed by atoms with E-state index in [1.54, 1.807) is 16.8 Å². The van der Waals surface area contributed by atoms with Crippen LogP contribution in [0.1, 0.15) is 36.0 Å². The van der Waals surface area contributed by atoms with Gasteiger partial charge in [0.1, 0.15) is 0 Å². The number of hydrogen-bond acceptors (Lipinski definition) is 2. The Kier molecular flexibility index (Phi) is 3.94. The number of thiophene rings is 1. The lowest BCUT2D eigenvalue weighted by molar-refractivity contribution is -0.187. The van der Waals surface area contributed by atoms with Gasteiger partial charge in [-0.2, -0.15) is 24.5 Å². The molecular weight excluding hydrogens is 263 g/mol. The van der Waals surface area contributed by atoms with E-state index in [9.17, 15) is 18.0 Å². The SMILES string of the molecule is O=C(N[C@H]1CCCC[C@H]1C(F)(F)F)c1ccsc1. The minimum Gasteiger partial charge on any atom is -0.349 e. The number of nitrogens with one attached hydrogen (secondary N) is 1. The first-order chi connectivity index (χ1) is 8.48. The maximum absolute atomic E-state index is 12.8. The molecule has 1 aromatic rings. The summed E-state index contributed by atoms with van der Waals surface area (Å²) in [6.07, 6.45) is -2.40. The molecule has 1 aromatic heterocycles. The molecule has 2 rings (SSSR count). The Morgan fingerprint density at radius 1 is 1.33 bits per heavy atom. The van der Waals surface area contributed by atoms with Crippen molar-refractivity contribution in [2.24, 2.45) is 5.92 Å². The molecule has 0 bridgehead atoms. The van der Waals surface area contributed by atoms with E-state index in [0.717, 1.165) is 6.42 Å². The van der Waals surface area contributed by atoms with Crippen LogP contribution >= 0.6 is 11.3 Å². The summed E-state index contributed by atoms with van der Waals surface area (Å²) in [5.74, 6) is -1.81. The second-order valence-electron chi connectivity index (χ2n) is 4.52. The number of amides is 1. The summed E-state index contributed by atoms with van der Waals surface area (Å²) < 4.78 is 38.5. The molecule has 18 heavy (non-hydrogen) atoms. The molecule has 6 heteroatoms. The number of rotatable bonds is 2. The lowest BCUT2D eigenvalue weighted by Crippen LogP contribution is -2.47. The molecular formula is C12H14F3NOS. The largest absolute Gasteiger partial charge is 0.393 e. The second kappa shape index (κ2) is 5.30. The first-order valence-electron chi connectivity index (χ1n) is 5.88. The first-order valence-corrected chi connectivity index (χ1v) is 6.82. The van der Waals surface area contributed by atoms with E-state index >= 15 is 0 Å². The monoisotopic (exact) mass is 277 g/mol. The van der Waals surface area contributed by atoms with Gasteiger partial charge in [-0.3, -0.25) is 4.79 Å². The van der Waals surface area contributed by atoms with Crippen molar-refractivity contribution < 1.29 is 18.0 Å². The van der Waals surface area contributed by atoms with Gasteiger partial charge in [0.2, 0.25) is 0 Å². The summed E-state index contributed by atoms with van der Waals surface area (Å²) in [6, 6.07) is 0.831. The Hall–Kier alpha value is -1.04. The molecule has 0 spiro atoms. The Morgan fingerprint density at radius 2 is 2.06 bits per heavy atom. The van der Waals surface area contributed by atoms with Crippen molar-refractivity contribution in [3.63, 3.8) is 0 Å². The number of halogens is 3. The molecule has 1 aliphatic rings. The van der Waals surface area contributed by atoms with E-state index in [1.807, 2.05) is 0 Å². The molecule has 2 atom stereocenters. The maximum atomic E-state index is 12.8. The molecule has 0 aromatic carbocycles. The van der Waals surface area contributed by atoms with Crippen LogP contribution in [-0.2, 0) is 0 Å². The van der Waals surface area contributed by atoms with E-state index < -0.39 is 24.0 Å². The fraction of sp³-hybridized carbons (Fsp3) is 0.583. The van der Waals surface area contributed by atoms with Crippen molar-refractivity contribution in [3.8, 4) is 0 Å². The van der Waals surface area contributed by atoms with Gasteiger partial charge < -0.3 is 5.32 Å². The van der Waals surface area contributed by atoms with E-state index in [0.29, 0.717) is 18.4 Å². The molecule has 0 unspecified atom stereocenters. The lowest BCUT2D eigenvalue weighted by atomic mass is 9.84. The smallest absolute Gasteiger partial charge is 0.349 e. The number of carbonyl (C=O) groups excluding carboxylic acids is 1. The summed E-state index contributed by atoms with van der Waals surface area (Å²) in [5, 5.41) is 5.90. The Bertz CT molecular complexity index is 402. The maximum Gasteiger partial charge on any atom is 0.393 e. The lowest BCUT2D eigenvalue weighted by Gasteiger charge is -2.33. The van der Waals surface area contributed by atoms with Crippen LogP contribution in [0, 0.1) is 5.92 Å². The Balaban J connectivity index is 2.04. The van der Waals surface area contributed by atoms with Gasteiger partial charge in [0.15, 0.2) is 0 Å². The van der Waals surface area contributed by atoms with Crippen LogP contribution in [0.4, 0.5) is 13.2 Å². The van der Waals surface area contributed by atoms with Crippen molar-refractivity contribution >= 4 is 17.2 Å². The van der Waals surface area contributed by atoms with Crippen molar-refractivity contribution in [2.75, 3.05) is 0 Å². The van der Waals surface area contributed by atoms with Crippen molar-refractivity contribution in [2.45, 2.75) is 37.9 Å². The summed E-state index contributed by atoms with van der Waals surface area (Å²) in [7, 11) is 0. The molecule has 0 saturated heterocycles. The van der Waals surface area contributed by atoms with Crippen LogP contribution in [-0.4, -0.2) is 18.1 Å². The normalized spacial score (nSPS) is 24.8. The molecule has 1 aliphatic carbocycles. The second-order valence-corrected chi connectivity index (χ2v) is 5.30. The van der Waals surface area contributed by atoms with Crippen LogP contribution < -0.4 is 5.32 Å². The zero-order valence-electron chi connectivity index (χ0n) is 9.67. The molecule has 1 fully saturated rings. The summed E-state index contributed by atoms with van der Waals surface area (Å²) >= 11 is 1.35. The van der Waals surface area contributed by atoms with Crippen molar-refractivity contribution in [1.82, 2.24) is 5.32 Å². The van der Waals surface area contributed by atoms with Gasteiger partial charge in [-0.1, -0.05) is 12.8 Å². The molecule has 1 amide bonds. The van der Waals surface area contributed by atoms with Crippen molar-refractivity contribution in [3.05, 3.63) is 22.4 Å². The molecule has 1 heterocycles. The third kappa shape index (κ3) is 3.04. The van der Waals surface area contributed by atoms with E-state index in [4.69, 9.17) is 0 Å². The average molecular weight is 277 g/mol. The number of alkyl halides is 3. The topological polar surface area (TPSA) is 29.1 Å². The van der Waals surface area contributed by atoms with Gasteiger partial charge in [-0.15, -0.1) is 0 Å². The molecule has 0 aliphatic heterocycles. The molecule has 1 N–H and O–H groups in total. The van der Waals surface area contributed by atoms with Crippen LogP contribution in [0.2, 0.25) is 0 Å². The summed E-state index contributed by atoms with van der Waals surface area (Å²) in [5.41, 5.74) is 0.437. The van der Waals surface area contributed by atoms with Gasteiger partial charge >= 0.3 is 6.18 Å². The van der Waals surface area contributed by atoms with Crippen LogP contribution in [0.25, 0.3) is 0 Å². The third-order valence-electron chi connectivity index (χ3n) is 3.29. The molecule has 0 radical (unpaired) electrons. The molecule has 1 saturated carbocycles. The standard InChI is InChI=1S/C12H14F3NOS/c13-12(14,15)9-3-1-2-4-10(9)16-11(17)8-5-6-18-7-8/h5-7,9-10H,1-4H2,(H,16,17)/t9-,10+/m1/s1. The van der Waals surface area contributed by atoms with Crippen LogP contribution in [0.15, 0.2) is 16.8 Å². The highest BCUT2D eigenvalue weighted by Gasteiger charge is 2.45. The van der Waals surface area contributed by atoms with E-state index in [1.165, 1.54) is 11.3 Å². The quantitative estimate of drug-likeness (QED) is 0.879. The van der Waals surface area contributed by atoms with E-state index in [-0.39, 0.29) is 6.42 Å². The van der Waals surface area contributed by atoms with Gasteiger partial charge in [-0.25, -0.2) is 0 Å². The fourth-order valence-electron chi connectivity index (χ4n) is 2.34. The van der Waals surface area contributed by atoms with Gasteiger partial charge in [-0.05, 0) is 24.3 Å². The van der Waals surface area contributed by atoms with Crippen molar-refractivity contribution in [1.29, 1.82) is 0 Å². The van der Waals surface area contributed by atoms with Crippen LogP contribution in [0.5, 0.6) is 0 Å². The zero-order chi connectivity index (χ0) is 13.2. The zero-order valence-corrected chi connectivity index (χ0v) is 10.5. The predicted molar refractivity (Wildman–Crippen MR) is 63.6 cm³/mol. The fourth-order valence-corrected chi connectivity index (χ4v) is 2.98. The first kappa shape index (κ1) is 13.4. The summed E-state index contributed by atoms with van der Waals surface area (Å²) in [6.45, 7) is 0. The molecule has 100 valence electrons. The van der Waals surface area contributed by atoms with Gasteiger partial charge in [0.25, 0.3) is 5.91 Å². The van der Waals surface area contributed by atoms with Crippen LogP contribution in [0.3, 0.4) is 0 Å². The third-order valence-corrected chi connectivity index (χ3v) is 3.97. The number of hydrogen-bond donors (Lipinski definition) is 1. The Labute approximate surface area is 107 Å². The van der Waals surface area contributed by atoms with Gasteiger partial charge in [0.05, 0.1) is 5.92 Å². The Morgan fingerprint density at radius 3 is 2.67 bits per heavy atom. The highest BCUT2D eigenvalue weighted by atomic mass is 32.1. The molecule has 2 nitrogen and oxygen atoms in total. The average Bonchev–Trinajstić information content (AvgIpc) is 2.81. The highest BCUT2D eigenvalue weighted by molar-refractivity contribution is 7.08.